The van der Waals surface area contributed by atoms with Crippen LogP contribution in [0.5, 0.6) is 0 Å². The summed E-state index contributed by atoms with van der Waals surface area (Å²) in [5.41, 5.74) is 0.753. The largest absolute Gasteiger partial charge is 0.325 e. The molecule has 0 radical (unpaired) electrons. The highest BCUT2D eigenvalue weighted by Gasteiger charge is 2.19. The van der Waals surface area contributed by atoms with Crippen molar-refractivity contribution < 1.29 is 9.59 Å². The van der Waals surface area contributed by atoms with Crippen molar-refractivity contribution in [1.82, 2.24) is 14.8 Å². The fraction of sp³-hybridized carbons (Fsp3) is 0.389. The number of nitrogens with one attached hydrogen (secondary N) is 2. The van der Waals surface area contributed by atoms with Gasteiger partial charge in [0, 0.05) is 61.4 Å². The van der Waals surface area contributed by atoms with Gasteiger partial charge in [-0.3, -0.25) is 19.4 Å². The number of carbonyl (C=O) groups excluding carboxylic acids is 2. The van der Waals surface area contributed by atoms with E-state index in [0.29, 0.717) is 16.7 Å². The molecule has 1 aromatic heterocycles. The van der Waals surface area contributed by atoms with Gasteiger partial charge in [0.05, 0.1) is 6.54 Å². The van der Waals surface area contributed by atoms with Crippen LogP contribution in [0.4, 0.5) is 10.8 Å². The molecule has 0 saturated carbocycles. The molecule has 0 atom stereocenters. The number of hydrogen-bond donors (Lipinski definition) is 2. The molecular weight excluding hydrogens is 386 g/mol. The second-order valence-corrected chi connectivity index (χ2v) is 7.97. The summed E-state index contributed by atoms with van der Waals surface area (Å²) in [6, 6.07) is 7.10. The lowest BCUT2D eigenvalue weighted by Crippen LogP contribution is -2.48. The molecule has 1 fully saturated rings. The summed E-state index contributed by atoms with van der Waals surface area (Å²) in [5, 5.41) is 6.88. The summed E-state index contributed by atoms with van der Waals surface area (Å²) in [6.45, 7) is 6.12. The number of amides is 2. The Balaban J connectivity index is 1.40. The monoisotopic (exact) mass is 407 g/mol. The number of rotatable bonds is 6. The highest BCUT2D eigenvalue weighted by molar-refractivity contribution is 7.15. The molecule has 2 amide bonds. The van der Waals surface area contributed by atoms with Crippen molar-refractivity contribution in [2.45, 2.75) is 13.5 Å². The van der Waals surface area contributed by atoms with Crippen LogP contribution in [0, 0.1) is 0 Å². The summed E-state index contributed by atoms with van der Waals surface area (Å²) in [5.74, 6) is -0.130. The van der Waals surface area contributed by atoms with Gasteiger partial charge in [-0.2, -0.15) is 0 Å². The number of halogens is 1. The topological polar surface area (TPSA) is 77.6 Å². The van der Waals surface area contributed by atoms with Crippen LogP contribution in [0.1, 0.15) is 11.8 Å². The molecular formula is C18H22ClN5O2S. The van der Waals surface area contributed by atoms with Crippen LogP contribution in [0.2, 0.25) is 5.02 Å². The first-order chi connectivity index (χ1) is 13.0. The molecule has 0 spiro atoms. The van der Waals surface area contributed by atoms with Gasteiger partial charge in [0.25, 0.3) is 0 Å². The summed E-state index contributed by atoms with van der Waals surface area (Å²) < 4.78 is 0. The zero-order chi connectivity index (χ0) is 19.2. The molecule has 1 aromatic carbocycles. The first-order valence-electron chi connectivity index (χ1n) is 8.70. The normalized spacial score (nSPS) is 15.5. The van der Waals surface area contributed by atoms with Crippen molar-refractivity contribution in [3.05, 3.63) is 40.4 Å². The minimum absolute atomic E-state index is 0.0202. The summed E-state index contributed by atoms with van der Waals surface area (Å²) in [4.78, 5) is 33.1. The van der Waals surface area contributed by atoms with Gasteiger partial charge in [0.1, 0.15) is 0 Å². The minimum Gasteiger partial charge on any atom is -0.325 e. The smallest absolute Gasteiger partial charge is 0.238 e. The van der Waals surface area contributed by atoms with E-state index in [1.807, 2.05) is 6.20 Å². The van der Waals surface area contributed by atoms with E-state index in [9.17, 15) is 9.59 Å². The van der Waals surface area contributed by atoms with Crippen molar-refractivity contribution in [2.24, 2.45) is 0 Å². The second-order valence-electron chi connectivity index (χ2n) is 6.42. The molecule has 27 heavy (non-hydrogen) atoms. The first-order valence-corrected chi connectivity index (χ1v) is 9.90. The molecule has 2 N–H and O–H groups in total. The molecule has 3 rings (SSSR count). The maximum atomic E-state index is 12.2. The molecule has 0 bridgehead atoms. The van der Waals surface area contributed by atoms with E-state index in [2.05, 4.69) is 25.4 Å². The summed E-state index contributed by atoms with van der Waals surface area (Å²) in [7, 11) is 0. The maximum Gasteiger partial charge on any atom is 0.238 e. The van der Waals surface area contributed by atoms with E-state index in [0.717, 1.165) is 43.3 Å². The van der Waals surface area contributed by atoms with Gasteiger partial charge in [-0.15, -0.1) is 11.3 Å². The Labute approximate surface area is 167 Å². The SMILES string of the molecule is CC(=O)Nc1ncc(CN2CCN(CC(=O)Nc3ccc(Cl)cc3)CC2)s1. The van der Waals surface area contributed by atoms with Crippen LogP contribution in [-0.4, -0.2) is 59.3 Å². The van der Waals surface area contributed by atoms with Crippen LogP contribution >= 0.6 is 22.9 Å². The molecule has 0 unspecified atom stereocenters. The molecule has 1 saturated heterocycles. The van der Waals surface area contributed by atoms with E-state index < -0.39 is 0 Å². The van der Waals surface area contributed by atoms with Crippen molar-refractivity contribution in [3.63, 3.8) is 0 Å². The number of benzene rings is 1. The van der Waals surface area contributed by atoms with Gasteiger partial charge in [-0.1, -0.05) is 11.6 Å². The molecule has 1 aliphatic rings. The standard InChI is InChI=1S/C18H22ClN5O2S/c1-13(25)21-18-20-10-16(27-18)11-23-6-8-24(9-7-23)12-17(26)22-15-4-2-14(19)3-5-15/h2-5,10H,6-9,11-12H2,1H3,(H,22,26)(H,20,21,25). The van der Waals surface area contributed by atoms with Crippen LogP contribution < -0.4 is 10.6 Å². The molecule has 2 heterocycles. The van der Waals surface area contributed by atoms with Crippen molar-refractivity contribution >= 4 is 45.6 Å². The third-order valence-corrected chi connectivity index (χ3v) is 5.33. The number of carbonyl (C=O) groups is 2. The van der Waals surface area contributed by atoms with Crippen molar-refractivity contribution in [2.75, 3.05) is 43.4 Å². The predicted molar refractivity (Wildman–Crippen MR) is 108 cm³/mol. The van der Waals surface area contributed by atoms with Gasteiger partial charge in [0.15, 0.2) is 5.13 Å². The van der Waals surface area contributed by atoms with Crippen LogP contribution in [0.25, 0.3) is 0 Å². The number of thiazole rings is 1. The molecule has 1 aliphatic heterocycles. The van der Waals surface area contributed by atoms with Gasteiger partial charge in [-0.05, 0) is 24.3 Å². The fourth-order valence-electron chi connectivity index (χ4n) is 2.85. The van der Waals surface area contributed by atoms with Crippen LogP contribution in [-0.2, 0) is 16.1 Å². The quantitative estimate of drug-likeness (QED) is 0.769. The highest BCUT2D eigenvalue weighted by atomic mass is 35.5. The average Bonchev–Trinajstić information content (AvgIpc) is 3.05. The van der Waals surface area contributed by atoms with E-state index in [1.54, 1.807) is 24.3 Å². The lowest BCUT2D eigenvalue weighted by molar-refractivity contribution is -0.117. The summed E-state index contributed by atoms with van der Waals surface area (Å²) in [6.07, 6.45) is 1.81. The van der Waals surface area contributed by atoms with Gasteiger partial charge >= 0.3 is 0 Å². The molecule has 9 heteroatoms. The minimum atomic E-state index is -0.110. The number of piperazine rings is 1. The van der Waals surface area contributed by atoms with Crippen molar-refractivity contribution in [3.8, 4) is 0 Å². The third-order valence-electron chi connectivity index (χ3n) is 4.18. The average molecular weight is 408 g/mol. The summed E-state index contributed by atoms with van der Waals surface area (Å²) >= 11 is 7.35. The van der Waals surface area contributed by atoms with E-state index in [4.69, 9.17) is 11.6 Å². The van der Waals surface area contributed by atoms with Crippen molar-refractivity contribution in [1.29, 1.82) is 0 Å². The Morgan fingerprint density at radius 2 is 1.78 bits per heavy atom. The molecule has 7 nitrogen and oxygen atoms in total. The molecule has 2 aromatic rings. The number of anilines is 2. The Morgan fingerprint density at radius 1 is 1.11 bits per heavy atom. The van der Waals surface area contributed by atoms with Gasteiger partial charge in [-0.25, -0.2) is 4.98 Å². The Bertz CT molecular complexity index is 787. The maximum absolute atomic E-state index is 12.2. The molecule has 144 valence electrons. The second kappa shape index (κ2) is 9.27. The number of hydrogen-bond acceptors (Lipinski definition) is 6. The highest BCUT2D eigenvalue weighted by Crippen LogP contribution is 2.20. The lowest BCUT2D eigenvalue weighted by Gasteiger charge is -2.33. The zero-order valence-electron chi connectivity index (χ0n) is 15.1. The van der Waals surface area contributed by atoms with Crippen LogP contribution in [0.3, 0.4) is 0 Å². The van der Waals surface area contributed by atoms with E-state index >= 15 is 0 Å². The van der Waals surface area contributed by atoms with Gasteiger partial charge in [0.2, 0.25) is 11.8 Å². The Hall–Kier alpha value is -2.00. The Kier molecular flexibility index (Phi) is 6.78. The lowest BCUT2D eigenvalue weighted by atomic mass is 10.3. The number of nitrogens with zero attached hydrogens (tertiary/aromatic N) is 3. The van der Waals surface area contributed by atoms with E-state index in [1.165, 1.54) is 18.3 Å². The third kappa shape index (κ3) is 6.28. The van der Waals surface area contributed by atoms with Gasteiger partial charge < -0.3 is 10.6 Å². The first kappa shape index (κ1) is 19.8. The van der Waals surface area contributed by atoms with E-state index in [-0.39, 0.29) is 11.8 Å². The molecule has 0 aliphatic carbocycles. The zero-order valence-corrected chi connectivity index (χ0v) is 16.6. The fourth-order valence-corrected chi connectivity index (χ4v) is 3.88. The van der Waals surface area contributed by atoms with Crippen LogP contribution in [0.15, 0.2) is 30.5 Å². The predicted octanol–water partition coefficient (Wildman–Crippen LogP) is 2.51. The number of aromatic nitrogens is 1. The Morgan fingerprint density at radius 3 is 2.44 bits per heavy atom.